The van der Waals surface area contributed by atoms with Gasteiger partial charge in [-0.3, -0.25) is 0 Å². The molecule has 6 heteroatoms. The van der Waals surface area contributed by atoms with E-state index in [9.17, 15) is 10.5 Å². The standard InChI is InChI=1S/C50H29N5O/c51-30-32-27-46(41(31-52)47(28-32)55-42-20-10-7-17-36(42)37-18-8-11-21-43(37)55)53(33-13-3-1-4-14-33)35-23-24-38-39-25-26-45-49(50(39)56-48(38)29-35)40-19-9-12-22-44(40)54(45)34-15-5-2-6-16-34/h1-29H. The van der Waals surface area contributed by atoms with E-state index in [1.165, 1.54) is 0 Å². The van der Waals surface area contributed by atoms with Crippen LogP contribution in [0.3, 0.4) is 0 Å². The van der Waals surface area contributed by atoms with Gasteiger partial charge in [-0.05, 0) is 78.9 Å². The number of anilines is 3. The Morgan fingerprint density at radius 1 is 0.464 bits per heavy atom. The molecule has 11 rings (SSSR count). The van der Waals surface area contributed by atoms with E-state index in [0.29, 0.717) is 22.5 Å². The van der Waals surface area contributed by atoms with Crippen molar-refractivity contribution in [3.05, 3.63) is 187 Å². The Morgan fingerprint density at radius 2 is 1.07 bits per heavy atom. The van der Waals surface area contributed by atoms with Crippen LogP contribution in [0.2, 0.25) is 0 Å². The van der Waals surface area contributed by atoms with Crippen LogP contribution >= 0.6 is 0 Å². The van der Waals surface area contributed by atoms with Gasteiger partial charge in [-0.1, -0.05) is 91.0 Å². The second kappa shape index (κ2) is 12.2. The maximum absolute atomic E-state index is 11.1. The fraction of sp³-hybridized carbons (Fsp3) is 0. The number of aromatic nitrogens is 2. The third kappa shape index (κ3) is 4.54. The third-order valence-corrected chi connectivity index (χ3v) is 10.9. The maximum Gasteiger partial charge on any atom is 0.145 e. The molecule has 260 valence electrons. The van der Waals surface area contributed by atoms with E-state index < -0.39 is 0 Å². The topological polar surface area (TPSA) is 73.8 Å². The molecule has 6 nitrogen and oxygen atoms in total. The van der Waals surface area contributed by atoms with Gasteiger partial charge in [-0.15, -0.1) is 0 Å². The van der Waals surface area contributed by atoms with Crippen molar-refractivity contribution in [2.45, 2.75) is 0 Å². The average Bonchev–Trinajstić information content (AvgIpc) is 3.91. The van der Waals surface area contributed by atoms with Gasteiger partial charge in [0.2, 0.25) is 0 Å². The predicted octanol–water partition coefficient (Wildman–Crippen LogP) is 13.0. The monoisotopic (exact) mass is 715 g/mol. The first-order chi connectivity index (χ1) is 27.7. The fourth-order valence-corrected chi connectivity index (χ4v) is 8.60. The Labute approximate surface area is 321 Å². The molecule has 0 amide bonds. The smallest absolute Gasteiger partial charge is 0.145 e. The van der Waals surface area contributed by atoms with Gasteiger partial charge in [-0.25, -0.2) is 0 Å². The normalized spacial score (nSPS) is 11.5. The van der Waals surface area contributed by atoms with Crippen LogP contribution in [0.4, 0.5) is 17.1 Å². The van der Waals surface area contributed by atoms with E-state index in [4.69, 9.17) is 4.42 Å². The van der Waals surface area contributed by atoms with E-state index >= 15 is 0 Å². The van der Waals surface area contributed by atoms with Gasteiger partial charge in [0, 0.05) is 50.1 Å². The molecular formula is C50H29N5O. The number of benzene rings is 8. The first kappa shape index (κ1) is 31.5. The number of hydrogen-bond donors (Lipinski definition) is 0. The molecule has 0 bridgehead atoms. The van der Waals surface area contributed by atoms with Crippen molar-refractivity contribution in [1.82, 2.24) is 9.13 Å². The van der Waals surface area contributed by atoms with Crippen molar-refractivity contribution < 1.29 is 4.42 Å². The van der Waals surface area contributed by atoms with Crippen molar-refractivity contribution in [2.24, 2.45) is 0 Å². The summed E-state index contributed by atoms with van der Waals surface area (Å²) in [5, 5.41) is 27.9. The summed E-state index contributed by atoms with van der Waals surface area (Å²) in [7, 11) is 0. The summed E-state index contributed by atoms with van der Waals surface area (Å²) in [6.45, 7) is 0. The van der Waals surface area contributed by atoms with E-state index in [-0.39, 0.29) is 0 Å². The van der Waals surface area contributed by atoms with Crippen LogP contribution in [-0.4, -0.2) is 9.13 Å². The molecule has 0 atom stereocenters. The number of fused-ring (bicyclic) bond motifs is 10. The number of nitriles is 2. The zero-order chi connectivity index (χ0) is 37.3. The summed E-state index contributed by atoms with van der Waals surface area (Å²) in [6.07, 6.45) is 0. The molecule has 0 radical (unpaired) electrons. The van der Waals surface area contributed by atoms with E-state index in [2.05, 4.69) is 123 Å². The van der Waals surface area contributed by atoms with E-state index in [1.807, 2.05) is 78.9 Å². The Hall–Kier alpha value is -8.06. The summed E-state index contributed by atoms with van der Waals surface area (Å²) >= 11 is 0. The second-order valence-electron chi connectivity index (χ2n) is 14.0. The summed E-state index contributed by atoms with van der Waals surface area (Å²) in [5.41, 5.74) is 10.5. The van der Waals surface area contributed by atoms with Crippen molar-refractivity contribution >= 4 is 82.6 Å². The number of hydrogen-bond acceptors (Lipinski definition) is 4. The first-order valence-corrected chi connectivity index (χ1v) is 18.5. The molecule has 0 unspecified atom stereocenters. The lowest BCUT2D eigenvalue weighted by Crippen LogP contribution is -2.13. The molecule has 56 heavy (non-hydrogen) atoms. The minimum atomic E-state index is 0.443. The zero-order valence-electron chi connectivity index (χ0n) is 29.9. The largest absolute Gasteiger partial charge is 0.455 e. The highest BCUT2D eigenvalue weighted by Gasteiger charge is 2.25. The van der Waals surface area contributed by atoms with Gasteiger partial charge < -0.3 is 18.5 Å². The summed E-state index contributed by atoms with van der Waals surface area (Å²) < 4.78 is 11.3. The van der Waals surface area contributed by atoms with Gasteiger partial charge in [-0.2, -0.15) is 10.5 Å². The van der Waals surface area contributed by atoms with Crippen LogP contribution in [-0.2, 0) is 0 Å². The summed E-state index contributed by atoms with van der Waals surface area (Å²) in [5.74, 6) is 0. The van der Waals surface area contributed by atoms with Gasteiger partial charge in [0.1, 0.15) is 22.8 Å². The number of rotatable bonds is 5. The molecule has 0 fully saturated rings. The SMILES string of the molecule is N#Cc1cc(N(c2ccccc2)c2ccc3c(c2)oc2c3ccc3c2c2ccccc2n3-c2ccccc2)c(C#N)c(-n2c3ccccc3c3ccccc32)c1. The van der Waals surface area contributed by atoms with Crippen molar-refractivity contribution in [1.29, 1.82) is 10.5 Å². The van der Waals surface area contributed by atoms with E-state index in [1.54, 1.807) is 0 Å². The number of para-hydroxylation sites is 5. The minimum Gasteiger partial charge on any atom is -0.455 e. The summed E-state index contributed by atoms with van der Waals surface area (Å²) in [4.78, 5) is 2.06. The zero-order valence-corrected chi connectivity index (χ0v) is 29.9. The van der Waals surface area contributed by atoms with Crippen molar-refractivity contribution in [3.63, 3.8) is 0 Å². The Bertz CT molecular complexity index is 3400. The molecule has 3 aromatic heterocycles. The molecule has 0 spiro atoms. The van der Waals surface area contributed by atoms with Crippen LogP contribution in [0, 0.1) is 22.7 Å². The number of furan rings is 1. The first-order valence-electron chi connectivity index (χ1n) is 18.5. The second-order valence-corrected chi connectivity index (χ2v) is 14.0. The van der Waals surface area contributed by atoms with Gasteiger partial charge in [0.25, 0.3) is 0 Å². The highest BCUT2D eigenvalue weighted by atomic mass is 16.3. The maximum atomic E-state index is 11.1. The summed E-state index contributed by atoms with van der Waals surface area (Å²) in [6, 6.07) is 64.4. The Morgan fingerprint density at radius 3 is 1.75 bits per heavy atom. The average molecular weight is 716 g/mol. The molecule has 0 saturated heterocycles. The Balaban J connectivity index is 1.17. The van der Waals surface area contributed by atoms with Crippen molar-refractivity contribution in [3.8, 4) is 23.5 Å². The molecule has 0 aliphatic rings. The molecule has 0 N–H and O–H groups in total. The third-order valence-electron chi connectivity index (χ3n) is 10.9. The van der Waals surface area contributed by atoms with Crippen LogP contribution in [0.25, 0.3) is 76.9 Å². The lowest BCUT2D eigenvalue weighted by Gasteiger charge is -2.27. The molecule has 0 saturated carbocycles. The van der Waals surface area contributed by atoms with Crippen LogP contribution in [0.1, 0.15) is 11.1 Å². The molecule has 11 aromatic rings. The molecular weight excluding hydrogens is 687 g/mol. The van der Waals surface area contributed by atoms with Crippen molar-refractivity contribution in [2.75, 3.05) is 4.90 Å². The fourth-order valence-electron chi connectivity index (χ4n) is 8.60. The van der Waals surface area contributed by atoms with E-state index in [0.717, 1.165) is 82.6 Å². The molecule has 0 aliphatic heterocycles. The minimum absolute atomic E-state index is 0.443. The van der Waals surface area contributed by atoms with Gasteiger partial charge in [0.05, 0.1) is 50.5 Å². The number of nitrogens with zero attached hydrogens (tertiary/aromatic N) is 5. The quantitative estimate of drug-likeness (QED) is 0.178. The van der Waals surface area contributed by atoms with Gasteiger partial charge >= 0.3 is 0 Å². The lowest BCUT2D eigenvalue weighted by molar-refractivity contribution is 0.673. The van der Waals surface area contributed by atoms with Gasteiger partial charge in [0.15, 0.2) is 0 Å². The van der Waals surface area contributed by atoms with Crippen LogP contribution < -0.4 is 4.90 Å². The Kier molecular flexibility index (Phi) is 6.88. The lowest BCUT2D eigenvalue weighted by atomic mass is 10.0. The molecule has 0 aliphatic carbocycles. The predicted molar refractivity (Wildman–Crippen MR) is 227 cm³/mol. The highest BCUT2D eigenvalue weighted by molar-refractivity contribution is 6.24. The molecule has 3 heterocycles. The van der Waals surface area contributed by atoms with Crippen LogP contribution in [0.15, 0.2) is 180 Å². The highest BCUT2D eigenvalue weighted by Crippen LogP contribution is 2.45. The van der Waals surface area contributed by atoms with Crippen LogP contribution in [0.5, 0.6) is 0 Å². The molecule has 8 aromatic carbocycles.